The molecule has 14 heavy (non-hydrogen) atoms. The summed E-state index contributed by atoms with van der Waals surface area (Å²) in [6.45, 7) is 0.106. The molecule has 1 rings (SSSR count). The van der Waals surface area contributed by atoms with E-state index in [1.165, 1.54) is 12.1 Å². The van der Waals surface area contributed by atoms with Crippen molar-refractivity contribution in [2.75, 3.05) is 0 Å². The Morgan fingerprint density at radius 2 is 2.29 bits per heavy atom. The molecule has 72 valence electrons. The van der Waals surface area contributed by atoms with Crippen molar-refractivity contribution >= 4 is 17.6 Å². The lowest BCUT2D eigenvalue weighted by atomic mass is 10.1. The molecule has 0 spiro atoms. The zero-order valence-corrected chi connectivity index (χ0v) is 7.88. The number of hydrogen-bond donors (Lipinski definition) is 2. The summed E-state index contributed by atoms with van der Waals surface area (Å²) in [5.74, 6) is -1.16. The molecular formula is C9H7ClN2O2. The molecule has 1 aromatic carbocycles. The highest BCUT2D eigenvalue weighted by Gasteiger charge is 2.13. The lowest BCUT2D eigenvalue weighted by Crippen LogP contribution is -2.04. The minimum atomic E-state index is -1.16. The summed E-state index contributed by atoms with van der Waals surface area (Å²) < 4.78 is 0. The SMILES string of the molecule is N#Cc1cc(CN)c(Cl)c(C(=O)O)c1. The van der Waals surface area contributed by atoms with Crippen LogP contribution in [0.3, 0.4) is 0 Å². The maximum Gasteiger partial charge on any atom is 0.337 e. The molecule has 0 aliphatic rings. The number of carboxylic acids is 1. The Morgan fingerprint density at radius 1 is 1.64 bits per heavy atom. The number of nitrogens with two attached hydrogens (primary N) is 1. The monoisotopic (exact) mass is 210 g/mol. The predicted octanol–water partition coefficient (Wildman–Crippen LogP) is 1.37. The molecule has 3 N–H and O–H groups in total. The lowest BCUT2D eigenvalue weighted by Gasteiger charge is -2.05. The molecule has 0 aliphatic carbocycles. The van der Waals surface area contributed by atoms with Gasteiger partial charge in [0.05, 0.1) is 22.2 Å². The second-order valence-electron chi connectivity index (χ2n) is 2.62. The van der Waals surface area contributed by atoms with E-state index < -0.39 is 5.97 Å². The number of nitriles is 1. The number of halogens is 1. The number of carbonyl (C=O) groups is 1. The molecule has 0 atom stereocenters. The number of carboxylic acid groups (broad SMARTS) is 1. The van der Waals surface area contributed by atoms with Crippen molar-refractivity contribution in [1.82, 2.24) is 0 Å². The molecule has 5 heteroatoms. The average Bonchev–Trinajstić information content (AvgIpc) is 2.17. The van der Waals surface area contributed by atoms with Crippen LogP contribution in [0, 0.1) is 11.3 Å². The fraction of sp³-hybridized carbons (Fsp3) is 0.111. The molecule has 0 saturated heterocycles. The minimum absolute atomic E-state index is 0.0915. The van der Waals surface area contributed by atoms with Gasteiger partial charge in [-0.25, -0.2) is 4.79 Å². The molecule has 0 fully saturated rings. The van der Waals surface area contributed by atoms with Crippen molar-refractivity contribution in [3.8, 4) is 6.07 Å². The smallest absolute Gasteiger partial charge is 0.337 e. The van der Waals surface area contributed by atoms with Gasteiger partial charge in [0.1, 0.15) is 0 Å². The number of benzene rings is 1. The first kappa shape index (κ1) is 10.5. The molecule has 0 heterocycles. The van der Waals surface area contributed by atoms with Crippen molar-refractivity contribution in [1.29, 1.82) is 5.26 Å². The first-order chi connectivity index (χ1) is 6.60. The topological polar surface area (TPSA) is 87.1 Å². The molecule has 4 nitrogen and oxygen atoms in total. The maximum atomic E-state index is 10.7. The van der Waals surface area contributed by atoms with E-state index >= 15 is 0 Å². The van der Waals surface area contributed by atoms with E-state index in [1.807, 2.05) is 6.07 Å². The van der Waals surface area contributed by atoms with E-state index in [0.29, 0.717) is 5.56 Å². The van der Waals surface area contributed by atoms with E-state index in [9.17, 15) is 4.79 Å². The molecular weight excluding hydrogens is 204 g/mol. The van der Waals surface area contributed by atoms with Crippen molar-refractivity contribution < 1.29 is 9.90 Å². The van der Waals surface area contributed by atoms with E-state index in [-0.39, 0.29) is 22.7 Å². The van der Waals surface area contributed by atoms with Crippen LogP contribution in [0.15, 0.2) is 12.1 Å². The lowest BCUT2D eigenvalue weighted by molar-refractivity contribution is 0.0697. The van der Waals surface area contributed by atoms with Crippen molar-refractivity contribution in [2.24, 2.45) is 5.73 Å². The third-order valence-corrected chi connectivity index (χ3v) is 2.17. The van der Waals surface area contributed by atoms with Gasteiger partial charge in [0.2, 0.25) is 0 Å². The fourth-order valence-corrected chi connectivity index (χ4v) is 1.32. The fourth-order valence-electron chi connectivity index (χ4n) is 1.05. The summed E-state index contributed by atoms with van der Waals surface area (Å²) in [5.41, 5.74) is 5.97. The molecule has 0 radical (unpaired) electrons. The van der Waals surface area contributed by atoms with Gasteiger partial charge in [-0.15, -0.1) is 0 Å². The van der Waals surface area contributed by atoms with Gasteiger partial charge in [-0.3, -0.25) is 0 Å². The highest BCUT2D eigenvalue weighted by Crippen LogP contribution is 2.22. The molecule has 1 aromatic rings. The van der Waals surface area contributed by atoms with E-state index in [0.717, 1.165) is 0 Å². The summed E-state index contributed by atoms with van der Waals surface area (Å²) in [4.78, 5) is 10.7. The number of nitrogens with zero attached hydrogens (tertiary/aromatic N) is 1. The van der Waals surface area contributed by atoms with Crippen LogP contribution >= 0.6 is 11.6 Å². The molecule has 0 unspecified atom stereocenters. The van der Waals surface area contributed by atoms with Gasteiger partial charge in [0.25, 0.3) is 0 Å². The largest absolute Gasteiger partial charge is 0.478 e. The highest BCUT2D eigenvalue weighted by molar-refractivity contribution is 6.34. The van der Waals surface area contributed by atoms with Gasteiger partial charge >= 0.3 is 5.97 Å². The van der Waals surface area contributed by atoms with Gasteiger partial charge in [0, 0.05) is 6.54 Å². The van der Waals surface area contributed by atoms with Crippen LogP contribution in [-0.2, 0) is 6.54 Å². The molecule has 0 aromatic heterocycles. The Morgan fingerprint density at radius 3 is 2.71 bits per heavy atom. The number of rotatable bonds is 2. The minimum Gasteiger partial charge on any atom is -0.478 e. The van der Waals surface area contributed by atoms with E-state index in [2.05, 4.69) is 0 Å². The zero-order valence-electron chi connectivity index (χ0n) is 7.12. The Labute approximate surface area is 85.5 Å². The normalized spacial score (nSPS) is 9.50. The molecule has 0 amide bonds. The van der Waals surface area contributed by atoms with Crippen LogP contribution in [0.4, 0.5) is 0 Å². The first-order valence-corrected chi connectivity index (χ1v) is 4.13. The van der Waals surface area contributed by atoms with Crippen LogP contribution in [0.2, 0.25) is 5.02 Å². The van der Waals surface area contributed by atoms with Gasteiger partial charge in [-0.1, -0.05) is 11.6 Å². The van der Waals surface area contributed by atoms with Gasteiger partial charge < -0.3 is 10.8 Å². The highest BCUT2D eigenvalue weighted by atomic mass is 35.5. The van der Waals surface area contributed by atoms with Crippen molar-refractivity contribution in [3.63, 3.8) is 0 Å². The predicted molar refractivity (Wildman–Crippen MR) is 51.0 cm³/mol. The van der Waals surface area contributed by atoms with Crippen LogP contribution in [-0.4, -0.2) is 11.1 Å². The summed E-state index contributed by atoms with van der Waals surface area (Å²) in [6.07, 6.45) is 0. The average molecular weight is 211 g/mol. The second kappa shape index (κ2) is 4.09. The first-order valence-electron chi connectivity index (χ1n) is 3.76. The van der Waals surface area contributed by atoms with Crippen LogP contribution in [0.1, 0.15) is 21.5 Å². The van der Waals surface area contributed by atoms with Gasteiger partial charge in [-0.05, 0) is 17.7 Å². The Balaban J connectivity index is 3.44. The Hall–Kier alpha value is -1.57. The summed E-state index contributed by atoms with van der Waals surface area (Å²) in [5, 5.41) is 17.5. The van der Waals surface area contributed by atoms with Crippen LogP contribution in [0.5, 0.6) is 0 Å². The second-order valence-corrected chi connectivity index (χ2v) is 3.00. The third kappa shape index (κ3) is 1.84. The standard InChI is InChI=1S/C9H7ClN2O2/c10-8-6(4-12)1-5(3-11)2-7(8)9(13)14/h1-2H,4,12H2,(H,13,14). The zero-order chi connectivity index (χ0) is 10.7. The third-order valence-electron chi connectivity index (χ3n) is 1.73. The summed E-state index contributed by atoms with van der Waals surface area (Å²) >= 11 is 5.76. The van der Waals surface area contributed by atoms with E-state index in [1.54, 1.807) is 0 Å². The van der Waals surface area contributed by atoms with Crippen molar-refractivity contribution in [3.05, 3.63) is 33.8 Å². The summed E-state index contributed by atoms with van der Waals surface area (Å²) in [6, 6.07) is 4.55. The molecule has 0 aliphatic heterocycles. The van der Waals surface area contributed by atoms with Gasteiger partial charge in [-0.2, -0.15) is 5.26 Å². The van der Waals surface area contributed by atoms with E-state index in [4.69, 9.17) is 27.7 Å². The quantitative estimate of drug-likeness (QED) is 0.772. The van der Waals surface area contributed by atoms with Crippen LogP contribution < -0.4 is 5.73 Å². The summed E-state index contributed by atoms with van der Waals surface area (Å²) in [7, 11) is 0. The van der Waals surface area contributed by atoms with Crippen LogP contribution in [0.25, 0.3) is 0 Å². The Bertz CT molecular complexity index is 424. The maximum absolute atomic E-state index is 10.7. The molecule has 0 bridgehead atoms. The number of aromatic carboxylic acids is 1. The van der Waals surface area contributed by atoms with Crippen molar-refractivity contribution in [2.45, 2.75) is 6.54 Å². The molecule has 0 saturated carbocycles. The van der Waals surface area contributed by atoms with Gasteiger partial charge in [0.15, 0.2) is 0 Å². The Kier molecular flexibility index (Phi) is 3.07. The number of hydrogen-bond acceptors (Lipinski definition) is 3.